The van der Waals surface area contributed by atoms with Crippen LogP contribution >= 0.6 is 22.6 Å². The Kier molecular flexibility index (Phi) is 7.06. The SMILES string of the molecule is CNCCN/C=C1\CCCCCC2(C[C@@H](C)I)CC=CC12. The van der Waals surface area contributed by atoms with E-state index in [1.807, 2.05) is 7.05 Å². The summed E-state index contributed by atoms with van der Waals surface area (Å²) in [6.45, 7) is 4.42. The number of allylic oxidation sites excluding steroid dienone is 3. The lowest BCUT2D eigenvalue weighted by atomic mass is 9.66. The molecule has 0 aromatic carbocycles. The molecule has 2 unspecified atom stereocenters. The van der Waals surface area contributed by atoms with Crippen LogP contribution in [0.2, 0.25) is 0 Å². The number of likely N-dealkylation sites (N-methyl/N-ethyl adjacent to an activating group) is 1. The molecular weight excluding hydrogens is 371 g/mol. The van der Waals surface area contributed by atoms with Crippen molar-refractivity contribution >= 4 is 22.6 Å². The lowest BCUT2D eigenvalue weighted by Gasteiger charge is -2.40. The molecule has 1 saturated carbocycles. The minimum atomic E-state index is 0.511. The van der Waals surface area contributed by atoms with Crippen LogP contribution in [0.1, 0.15) is 51.9 Å². The summed E-state index contributed by atoms with van der Waals surface area (Å²) in [6.07, 6.45) is 16.8. The average molecular weight is 402 g/mol. The quantitative estimate of drug-likeness (QED) is 0.298. The van der Waals surface area contributed by atoms with Crippen LogP contribution in [0.15, 0.2) is 23.9 Å². The summed E-state index contributed by atoms with van der Waals surface area (Å²) in [5.74, 6) is 0.678. The van der Waals surface area contributed by atoms with Gasteiger partial charge in [-0.25, -0.2) is 0 Å². The molecule has 1 fully saturated rings. The fourth-order valence-corrected chi connectivity index (χ4v) is 4.99. The molecule has 0 amide bonds. The molecule has 3 atom stereocenters. The smallest absolute Gasteiger partial charge is 0.0266 e. The second kappa shape index (κ2) is 8.56. The van der Waals surface area contributed by atoms with Crippen LogP contribution in [-0.4, -0.2) is 24.1 Å². The molecule has 0 saturated heterocycles. The van der Waals surface area contributed by atoms with E-state index in [1.54, 1.807) is 5.57 Å². The number of fused-ring (bicyclic) bond motifs is 1. The first-order valence-corrected chi connectivity index (χ1v) is 9.80. The van der Waals surface area contributed by atoms with Crippen molar-refractivity contribution < 1.29 is 0 Å². The molecule has 0 aromatic heterocycles. The molecule has 21 heavy (non-hydrogen) atoms. The number of alkyl halides is 1. The number of rotatable bonds is 6. The van der Waals surface area contributed by atoms with Crippen LogP contribution in [0.4, 0.5) is 0 Å². The van der Waals surface area contributed by atoms with E-state index in [2.05, 4.69) is 58.5 Å². The van der Waals surface area contributed by atoms with Crippen molar-refractivity contribution in [3.8, 4) is 0 Å². The summed E-state index contributed by atoms with van der Waals surface area (Å²) in [5.41, 5.74) is 2.16. The summed E-state index contributed by atoms with van der Waals surface area (Å²) in [6, 6.07) is 0. The highest BCUT2D eigenvalue weighted by atomic mass is 127. The Bertz CT molecular complexity index is 375. The summed E-state index contributed by atoms with van der Waals surface area (Å²) in [7, 11) is 2.01. The molecule has 0 radical (unpaired) electrons. The van der Waals surface area contributed by atoms with Gasteiger partial charge < -0.3 is 10.6 Å². The molecule has 0 aliphatic heterocycles. The van der Waals surface area contributed by atoms with Crippen molar-refractivity contribution in [3.63, 3.8) is 0 Å². The molecule has 0 bridgehead atoms. The topological polar surface area (TPSA) is 24.1 Å². The zero-order valence-corrected chi connectivity index (χ0v) is 15.8. The first-order chi connectivity index (χ1) is 10.2. The van der Waals surface area contributed by atoms with Crippen molar-refractivity contribution in [1.82, 2.24) is 10.6 Å². The summed E-state index contributed by atoms with van der Waals surface area (Å²) >= 11 is 2.61. The zero-order valence-electron chi connectivity index (χ0n) is 13.6. The van der Waals surface area contributed by atoms with Gasteiger partial charge in [0.05, 0.1) is 0 Å². The number of hydrogen-bond donors (Lipinski definition) is 2. The van der Waals surface area contributed by atoms with E-state index in [4.69, 9.17) is 0 Å². The second-order valence-electron chi connectivity index (χ2n) is 6.79. The average Bonchev–Trinajstić information content (AvgIpc) is 2.80. The van der Waals surface area contributed by atoms with Gasteiger partial charge >= 0.3 is 0 Å². The number of hydrogen-bond acceptors (Lipinski definition) is 2. The van der Waals surface area contributed by atoms with Crippen molar-refractivity contribution in [2.75, 3.05) is 20.1 Å². The van der Waals surface area contributed by atoms with E-state index >= 15 is 0 Å². The molecule has 2 aliphatic rings. The highest BCUT2D eigenvalue weighted by Gasteiger charge is 2.42. The Morgan fingerprint density at radius 2 is 2.24 bits per heavy atom. The third kappa shape index (κ3) is 4.72. The minimum absolute atomic E-state index is 0.511. The van der Waals surface area contributed by atoms with Crippen molar-refractivity contribution in [2.45, 2.75) is 55.8 Å². The van der Waals surface area contributed by atoms with E-state index in [9.17, 15) is 0 Å². The van der Waals surface area contributed by atoms with E-state index in [-0.39, 0.29) is 0 Å². The molecule has 2 N–H and O–H groups in total. The Morgan fingerprint density at radius 3 is 3.00 bits per heavy atom. The molecule has 0 aromatic rings. The monoisotopic (exact) mass is 402 g/mol. The van der Waals surface area contributed by atoms with Gasteiger partial charge in [0.1, 0.15) is 0 Å². The van der Waals surface area contributed by atoms with E-state index < -0.39 is 0 Å². The van der Waals surface area contributed by atoms with Crippen molar-refractivity contribution in [2.24, 2.45) is 11.3 Å². The predicted octanol–water partition coefficient (Wildman–Crippen LogP) is 4.42. The Morgan fingerprint density at radius 1 is 1.38 bits per heavy atom. The Labute approximate surface area is 144 Å². The van der Waals surface area contributed by atoms with Crippen molar-refractivity contribution in [1.29, 1.82) is 0 Å². The highest BCUT2D eigenvalue weighted by molar-refractivity contribution is 14.1. The minimum Gasteiger partial charge on any atom is -0.390 e. The fraction of sp³-hybridized carbons (Fsp3) is 0.778. The van der Waals surface area contributed by atoms with Crippen LogP contribution in [0.5, 0.6) is 0 Å². The van der Waals surface area contributed by atoms with Crippen LogP contribution in [-0.2, 0) is 0 Å². The normalized spacial score (nSPS) is 32.5. The molecule has 120 valence electrons. The fourth-order valence-electron chi connectivity index (χ4n) is 4.12. The third-order valence-corrected chi connectivity index (χ3v) is 5.49. The van der Waals surface area contributed by atoms with E-state index in [0.717, 1.165) is 17.0 Å². The first kappa shape index (κ1) is 17.3. The molecule has 0 heterocycles. The standard InChI is InChI=1S/C18H31IN2/c1-15(19)13-18-9-5-3-4-7-16(14-21-12-11-20-2)17(18)8-6-10-18/h6,8,14-15,17,20-21H,3-5,7,9-13H2,1-2H3/b16-14+/t15-,17?,18?/m1/s1. The van der Waals surface area contributed by atoms with Gasteiger partial charge in [-0.3, -0.25) is 0 Å². The van der Waals surface area contributed by atoms with Crippen LogP contribution in [0, 0.1) is 11.3 Å². The lowest BCUT2D eigenvalue weighted by Crippen LogP contribution is -2.32. The van der Waals surface area contributed by atoms with Gasteiger partial charge in [-0.2, -0.15) is 0 Å². The maximum Gasteiger partial charge on any atom is 0.0266 e. The van der Waals surface area contributed by atoms with Gasteiger partial charge in [-0.15, -0.1) is 0 Å². The van der Waals surface area contributed by atoms with Gasteiger partial charge in [-0.1, -0.05) is 54.5 Å². The summed E-state index contributed by atoms with van der Waals surface area (Å²) in [5, 5.41) is 6.73. The highest BCUT2D eigenvalue weighted by Crippen LogP contribution is 2.52. The largest absolute Gasteiger partial charge is 0.390 e. The lowest BCUT2D eigenvalue weighted by molar-refractivity contribution is 0.188. The second-order valence-corrected chi connectivity index (χ2v) is 8.92. The first-order valence-electron chi connectivity index (χ1n) is 8.55. The Hall–Kier alpha value is -0.0300. The molecular formula is C18H31IN2. The number of halogens is 1. The van der Waals surface area contributed by atoms with Gasteiger partial charge in [0.15, 0.2) is 0 Å². The van der Waals surface area contributed by atoms with Gasteiger partial charge in [-0.05, 0) is 56.3 Å². The summed E-state index contributed by atoms with van der Waals surface area (Å²) < 4.78 is 0.767. The van der Waals surface area contributed by atoms with E-state index in [0.29, 0.717) is 11.3 Å². The maximum atomic E-state index is 3.53. The zero-order chi connectivity index (χ0) is 15.1. The third-order valence-electron chi connectivity index (χ3n) is 5.05. The van der Waals surface area contributed by atoms with Crippen LogP contribution in [0.25, 0.3) is 0 Å². The van der Waals surface area contributed by atoms with E-state index in [1.165, 1.54) is 44.9 Å². The molecule has 2 nitrogen and oxygen atoms in total. The van der Waals surface area contributed by atoms with Gasteiger partial charge in [0.2, 0.25) is 0 Å². The predicted molar refractivity (Wildman–Crippen MR) is 101 cm³/mol. The molecule has 3 heteroatoms. The Balaban J connectivity index is 2.12. The van der Waals surface area contributed by atoms with Gasteiger partial charge in [0.25, 0.3) is 0 Å². The number of nitrogens with one attached hydrogen (secondary N) is 2. The van der Waals surface area contributed by atoms with Gasteiger partial charge in [0, 0.05) is 22.9 Å². The van der Waals surface area contributed by atoms with Crippen LogP contribution < -0.4 is 10.6 Å². The molecule has 2 aliphatic carbocycles. The van der Waals surface area contributed by atoms with Crippen LogP contribution in [0.3, 0.4) is 0 Å². The summed E-state index contributed by atoms with van der Waals surface area (Å²) in [4.78, 5) is 0. The maximum absolute atomic E-state index is 3.53. The molecule has 2 rings (SSSR count). The molecule has 0 spiro atoms. The van der Waals surface area contributed by atoms with Crippen molar-refractivity contribution in [3.05, 3.63) is 23.9 Å².